The van der Waals surface area contributed by atoms with Gasteiger partial charge in [0, 0.05) is 47.2 Å². The maximum absolute atomic E-state index is 13.0. The van der Waals surface area contributed by atoms with Crippen molar-refractivity contribution in [1.82, 2.24) is 19.9 Å². The summed E-state index contributed by atoms with van der Waals surface area (Å²) in [5.74, 6) is -0.224. The molecule has 0 atom stereocenters. The fourth-order valence-corrected chi connectivity index (χ4v) is 5.08. The van der Waals surface area contributed by atoms with E-state index >= 15 is 0 Å². The van der Waals surface area contributed by atoms with Crippen molar-refractivity contribution in [1.29, 1.82) is 0 Å². The lowest BCUT2D eigenvalue weighted by Gasteiger charge is -2.39. The Morgan fingerprint density at radius 1 is 1.19 bits per heavy atom. The zero-order chi connectivity index (χ0) is 23.3. The highest BCUT2D eigenvalue weighted by molar-refractivity contribution is 6.08. The highest BCUT2D eigenvalue weighted by Gasteiger charge is 2.45. The van der Waals surface area contributed by atoms with Crippen molar-refractivity contribution in [3.8, 4) is 0 Å². The number of hydrogen-bond acceptors (Lipinski definition) is 4. The fraction of sp³-hybridized carbons (Fsp3) is 0.440. The third-order valence-electron chi connectivity index (χ3n) is 6.49. The Balaban J connectivity index is 1.50. The van der Waals surface area contributed by atoms with Crippen molar-refractivity contribution in [3.05, 3.63) is 53.2 Å². The number of nitrogens with one attached hydrogen (secondary N) is 2. The second-order valence-corrected chi connectivity index (χ2v) is 10.1. The first kappa shape index (κ1) is 22.0. The van der Waals surface area contributed by atoms with Gasteiger partial charge in [0.1, 0.15) is 0 Å². The molecular formula is C25H30N4O3. The van der Waals surface area contributed by atoms with Crippen LogP contribution in [-0.2, 0) is 23.7 Å². The molecule has 1 aromatic carbocycles. The molecule has 0 bridgehead atoms. The maximum Gasteiger partial charge on any atom is 0.251 e. The molecule has 0 fully saturated rings. The predicted molar refractivity (Wildman–Crippen MR) is 123 cm³/mol. The fourth-order valence-electron chi connectivity index (χ4n) is 5.08. The summed E-state index contributed by atoms with van der Waals surface area (Å²) in [5.41, 5.74) is 3.27. The number of ketones is 2. The van der Waals surface area contributed by atoms with E-state index in [2.05, 4.69) is 29.1 Å². The highest BCUT2D eigenvalue weighted by Crippen LogP contribution is 2.48. The number of nitrogens with zero attached hydrogens (tertiary/aromatic N) is 2. The molecule has 0 saturated carbocycles. The monoisotopic (exact) mass is 434 g/mol. The van der Waals surface area contributed by atoms with E-state index in [0.717, 1.165) is 28.6 Å². The summed E-state index contributed by atoms with van der Waals surface area (Å²) in [7, 11) is 1.89. The molecule has 0 aliphatic heterocycles. The van der Waals surface area contributed by atoms with E-state index in [4.69, 9.17) is 0 Å². The molecule has 2 N–H and O–H groups in total. The molecule has 1 aliphatic carbocycles. The zero-order valence-electron chi connectivity index (χ0n) is 19.3. The summed E-state index contributed by atoms with van der Waals surface area (Å²) in [4.78, 5) is 45.3. The number of benzene rings is 1. The summed E-state index contributed by atoms with van der Waals surface area (Å²) < 4.78 is 1.88. The maximum atomic E-state index is 13.0. The first-order valence-corrected chi connectivity index (χ1v) is 11.0. The van der Waals surface area contributed by atoms with Crippen molar-refractivity contribution in [3.63, 3.8) is 0 Å². The number of rotatable bonds is 6. The first-order chi connectivity index (χ1) is 15.0. The molecule has 2 heterocycles. The van der Waals surface area contributed by atoms with Crippen LogP contribution < -0.4 is 5.32 Å². The third-order valence-corrected chi connectivity index (χ3v) is 6.49. The quantitative estimate of drug-likeness (QED) is 0.618. The van der Waals surface area contributed by atoms with Gasteiger partial charge in [0.05, 0.1) is 18.6 Å². The third kappa shape index (κ3) is 3.87. The number of hydrogen-bond donors (Lipinski definition) is 2. The normalized spacial score (nSPS) is 16.7. The van der Waals surface area contributed by atoms with Gasteiger partial charge in [-0.2, -0.15) is 0 Å². The number of carbonyl (C=O) groups is 3. The zero-order valence-corrected chi connectivity index (χ0v) is 19.3. The topological polar surface area (TPSA) is 96.8 Å². The summed E-state index contributed by atoms with van der Waals surface area (Å²) in [6.07, 6.45) is 5.11. The molecule has 0 saturated heterocycles. The number of imidazole rings is 1. The van der Waals surface area contributed by atoms with E-state index in [1.165, 1.54) is 0 Å². The molecule has 2 aromatic heterocycles. The van der Waals surface area contributed by atoms with Crippen molar-refractivity contribution in [2.24, 2.45) is 12.5 Å². The largest absolute Gasteiger partial charge is 0.352 e. The van der Waals surface area contributed by atoms with Gasteiger partial charge in [-0.1, -0.05) is 27.7 Å². The van der Waals surface area contributed by atoms with Gasteiger partial charge >= 0.3 is 0 Å². The van der Waals surface area contributed by atoms with Crippen LogP contribution >= 0.6 is 0 Å². The van der Waals surface area contributed by atoms with Gasteiger partial charge in [0.15, 0.2) is 11.6 Å². The highest BCUT2D eigenvalue weighted by atomic mass is 16.2. The summed E-state index contributed by atoms with van der Waals surface area (Å²) in [6, 6.07) is 5.39. The van der Waals surface area contributed by atoms with Crippen LogP contribution in [0.4, 0.5) is 0 Å². The number of fused-ring (bicyclic) bond motifs is 3. The van der Waals surface area contributed by atoms with Crippen molar-refractivity contribution in [2.45, 2.75) is 52.4 Å². The Morgan fingerprint density at radius 3 is 2.62 bits per heavy atom. The van der Waals surface area contributed by atoms with E-state index < -0.39 is 5.41 Å². The number of amides is 1. The van der Waals surface area contributed by atoms with Gasteiger partial charge in [-0.3, -0.25) is 14.4 Å². The van der Waals surface area contributed by atoms with E-state index in [-0.39, 0.29) is 29.4 Å². The minimum atomic E-state index is -0.437. The predicted octanol–water partition coefficient (Wildman–Crippen LogP) is 3.72. The van der Waals surface area contributed by atoms with Crippen LogP contribution in [0.3, 0.4) is 0 Å². The molecule has 0 unspecified atom stereocenters. The van der Waals surface area contributed by atoms with Crippen molar-refractivity contribution < 1.29 is 14.4 Å². The van der Waals surface area contributed by atoms with Crippen molar-refractivity contribution >= 4 is 28.4 Å². The number of aryl methyl sites for hydroxylation is 2. The van der Waals surface area contributed by atoms with Crippen LogP contribution in [0.25, 0.3) is 10.9 Å². The van der Waals surface area contributed by atoms with E-state index in [0.29, 0.717) is 24.1 Å². The molecule has 32 heavy (non-hydrogen) atoms. The minimum Gasteiger partial charge on any atom is -0.352 e. The second-order valence-electron chi connectivity index (χ2n) is 10.1. The average Bonchev–Trinajstić information content (AvgIpc) is 3.31. The lowest BCUT2D eigenvalue weighted by Crippen LogP contribution is -2.39. The van der Waals surface area contributed by atoms with Gasteiger partial charge < -0.3 is 14.9 Å². The lowest BCUT2D eigenvalue weighted by atomic mass is 9.63. The molecule has 7 heteroatoms. The number of aromatic nitrogens is 3. The smallest absolute Gasteiger partial charge is 0.251 e. The summed E-state index contributed by atoms with van der Waals surface area (Å²) in [6.45, 7) is 8.23. The summed E-state index contributed by atoms with van der Waals surface area (Å²) >= 11 is 0. The molecule has 168 valence electrons. The van der Waals surface area contributed by atoms with E-state index in [1.54, 1.807) is 18.6 Å². The van der Waals surface area contributed by atoms with Gasteiger partial charge in [-0.15, -0.1) is 0 Å². The standard InChI is InChI=1S/C25H30N4O3/c1-24(2)13-25(3,4)22(31)21-20(24)18-10-15(6-9-19(18)28-21)23(32)27-12-17(30)8-7-16-11-26-14-29(16)5/h6,9-11,14,28H,7-8,12-13H2,1-5H3,(H,27,32). The molecule has 1 aliphatic rings. The molecule has 0 spiro atoms. The Hall–Kier alpha value is -3.22. The van der Waals surface area contributed by atoms with Crippen LogP contribution in [-0.4, -0.2) is 38.6 Å². The van der Waals surface area contributed by atoms with Gasteiger partial charge in [0.2, 0.25) is 0 Å². The van der Waals surface area contributed by atoms with Gasteiger partial charge in [-0.05, 0) is 42.0 Å². The van der Waals surface area contributed by atoms with Gasteiger partial charge in [0.25, 0.3) is 5.91 Å². The Labute approximate surface area is 187 Å². The molecule has 1 amide bonds. The summed E-state index contributed by atoms with van der Waals surface area (Å²) in [5, 5.41) is 3.63. The Kier molecular flexibility index (Phi) is 5.31. The van der Waals surface area contributed by atoms with Crippen LogP contribution in [0.15, 0.2) is 30.7 Å². The SMILES string of the molecule is Cn1cncc1CCC(=O)CNC(=O)c1ccc2[nH]c3c(c2c1)C(C)(C)CC(C)(C)C3=O. The molecule has 0 radical (unpaired) electrons. The van der Waals surface area contributed by atoms with E-state index in [1.807, 2.05) is 37.6 Å². The van der Waals surface area contributed by atoms with E-state index in [9.17, 15) is 14.4 Å². The molecule has 3 aromatic rings. The first-order valence-electron chi connectivity index (χ1n) is 11.0. The Bertz CT molecular complexity index is 1230. The number of Topliss-reactive ketones (excluding diaryl/α,β-unsaturated/α-hetero) is 2. The van der Waals surface area contributed by atoms with Crippen LogP contribution in [0.5, 0.6) is 0 Å². The molecule has 7 nitrogen and oxygen atoms in total. The molecule has 4 rings (SSSR count). The van der Waals surface area contributed by atoms with Crippen LogP contribution in [0.2, 0.25) is 0 Å². The Morgan fingerprint density at radius 2 is 1.94 bits per heavy atom. The van der Waals surface area contributed by atoms with Crippen molar-refractivity contribution in [2.75, 3.05) is 6.54 Å². The van der Waals surface area contributed by atoms with Gasteiger partial charge in [-0.25, -0.2) is 4.98 Å². The average molecular weight is 435 g/mol. The minimum absolute atomic E-state index is 0.0157. The lowest BCUT2D eigenvalue weighted by molar-refractivity contribution is -0.118. The number of aromatic amines is 1. The van der Waals surface area contributed by atoms with Crippen LogP contribution in [0, 0.1) is 5.41 Å². The second kappa shape index (κ2) is 7.73. The number of H-pyrrole nitrogens is 1. The number of carbonyl (C=O) groups excluding carboxylic acids is 3. The molecular weight excluding hydrogens is 404 g/mol. The van der Waals surface area contributed by atoms with Crippen LogP contribution in [0.1, 0.15) is 72.6 Å².